The molecule has 0 aliphatic carbocycles. The first kappa shape index (κ1) is 14.2. The largest absolute Gasteiger partial charge is 0.461 e. The van der Waals surface area contributed by atoms with Crippen molar-refractivity contribution in [2.45, 2.75) is 19.5 Å². The number of nitrogens with one attached hydrogen (secondary N) is 1. The summed E-state index contributed by atoms with van der Waals surface area (Å²) < 4.78 is 65.6. The van der Waals surface area contributed by atoms with Crippen molar-refractivity contribution in [1.82, 2.24) is 0 Å². The molecule has 8 heteroatoms. The van der Waals surface area contributed by atoms with Crippen LogP contribution >= 0.6 is 0 Å². The molecular formula is C10H8F5NO2. The van der Waals surface area contributed by atoms with Crippen LogP contribution in [0, 0.1) is 5.82 Å². The zero-order valence-electron chi connectivity index (χ0n) is 9.02. The fraction of sp³-hybridized carbons (Fsp3) is 0.300. The normalized spacial score (nSPS) is 11.5. The molecule has 0 saturated carbocycles. The smallest absolute Gasteiger partial charge is 0.428 e. The number of benzene rings is 1. The predicted octanol–water partition coefficient (Wildman–Crippen LogP) is 3.02. The van der Waals surface area contributed by atoms with Crippen molar-refractivity contribution in [3.63, 3.8) is 0 Å². The van der Waals surface area contributed by atoms with Gasteiger partial charge >= 0.3 is 12.5 Å². The Morgan fingerprint density at radius 1 is 1.39 bits per heavy atom. The van der Waals surface area contributed by atoms with Crippen LogP contribution in [0.4, 0.5) is 27.6 Å². The summed E-state index contributed by atoms with van der Waals surface area (Å²) in [6.45, 7) is 1.12. The van der Waals surface area contributed by atoms with Crippen LogP contribution in [0.3, 0.4) is 0 Å². The van der Waals surface area contributed by atoms with Crippen molar-refractivity contribution < 1.29 is 31.5 Å². The van der Waals surface area contributed by atoms with Crippen LogP contribution in [0.15, 0.2) is 18.2 Å². The monoisotopic (exact) mass is 269 g/mol. The minimum absolute atomic E-state index is 0.268. The van der Waals surface area contributed by atoms with Gasteiger partial charge in [0.2, 0.25) is 5.91 Å². The van der Waals surface area contributed by atoms with Crippen molar-refractivity contribution >= 4 is 11.6 Å². The Bertz CT molecular complexity index is 450. The molecule has 0 heterocycles. The third-order valence-electron chi connectivity index (χ3n) is 1.76. The van der Waals surface area contributed by atoms with Crippen molar-refractivity contribution in [2.24, 2.45) is 0 Å². The lowest BCUT2D eigenvalue weighted by Crippen LogP contribution is -2.33. The highest BCUT2D eigenvalue weighted by atomic mass is 19.3. The summed E-state index contributed by atoms with van der Waals surface area (Å²) in [5.74, 6) is -2.42. The molecule has 0 aliphatic heterocycles. The number of anilines is 1. The van der Waals surface area contributed by atoms with Crippen molar-refractivity contribution in [3.8, 4) is 5.75 Å². The highest BCUT2D eigenvalue weighted by Gasteiger charge is 2.44. The Kier molecular flexibility index (Phi) is 4.10. The molecule has 3 nitrogen and oxygen atoms in total. The minimum atomic E-state index is -4.71. The van der Waals surface area contributed by atoms with Crippen LogP contribution < -0.4 is 10.1 Å². The number of hydrogen-bond acceptors (Lipinski definition) is 2. The summed E-state index contributed by atoms with van der Waals surface area (Å²) in [5, 5.41) is 2.08. The molecule has 0 radical (unpaired) electrons. The van der Waals surface area contributed by atoms with Gasteiger partial charge in [-0.15, -0.1) is 0 Å². The topological polar surface area (TPSA) is 38.3 Å². The number of hydrogen-bond donors (Lipinski definition) is 1. The minimum Gasteiger partial charge on any atom is -0.428 e. The summed E-state index contributed by atoms with van der Waals surface area (Å²) in [7, 11) is 0. The lowest BCUT2D eigenvalue weighted by molar-refractivity contribution is -0.253. The van der Waals surface area contributed by atoms with Crippen LogP contribution in [0.1, 0.15) is 6.92 Å². The summed E-state index contributed by atoms with van der Waals surface area (Å²) in [5.41, 5.74) is -0.268. The lowest BCUT2D eigenvalue weighted by Gasteiger charge is -2.17. The first-order chi connectivity index (χ1) is 8.22. The average Bonchev–Trinajstić information content (AvgIpc) is 2.21. The second kappa shape index (κ2) is 5.19. The van der Waals surface area contributed by atoms with Crippen LogP contribution in [-0.4, -0.2) is 18.4 Å². The molecular weight excluding hydrogens is 261 g/mol. The van der Waals surface area contributed by atoms with Gasteiger partial charge in [0.1, 0.15) is 11.6 Å². The molecule has 0 saturated heterocycles. The van der Waals surface area contributed by atoms with E-state index in [1.807, 2.05) is 0 Å². The molecule has 0 aromatic heterocycles. The Morgan fingerprint density at radius 2 is 2.00 bits per heavy atom. The van der Waals surface area contributed by atoms with E-state index >= 15 is 0 Å². The second-order valence-electron chi connectivity index (χ2n) is 3.29. The van der Waals surface area contributed by atoms with E-state index in [1.54, 1.807) is 0 Å². The standard InChI is InChI=1S/C10H8F5NO2/c1-5(17)16-8-3-2-6(4-7(8)11)18-10(14,15)9(12)13/h2-4,9H,1H3,(H,16,17). The maximum atomic E-state index is 13.3. The molecule has 18 heavy (non-hydrogen) atoms. The molecule has 0 bridgehead atoms. The van der Waals surface area contributed by atoms with Crippen molar-refractivity contribution in [1.29, 1.82) is 0 Å². The highest BCUT2D eigenvalue weighted by Crippen LogP contribution is 2.29. The average molecular weight is 269 g/mol. The van der Waals surface area contributed by atoms with Gasteiger partial charge in [0.25, 0.3) is 0 Å². The third-order valence-corrected chi connectivity index (χ3v) is 1.76. The molecule has 0 atom stereocenters. The zero-order chi connectivity index (χ0) is 13.9. The number of carbonyl (C=O) groups is 1. The number of carbonyl (C=O) groups excluding carboxylic acids is 1. The summed E-state index contributed by atoms with van der Waals surface area (Å²) in [6, 6.07) is 2.24. The molecule has 1 aromatic carbocycles. The molecule has 1 N–H and O–H groups in total. The maximum absolute atomic E-state index is 13.3. The van der Waals surface area contributed by atoms with Crippen LogP contribution in [0.5, 0.6) is 5.75 Å². The lowest BCUT2D eigenvalue weighted by atomic mass is 10.3. The molecule has 1 rings (SSSR count). The third kappa shape index (κ3) is 3.57. The maximum Gasteiger partial charge on any atom is 0.461 e. The van der Waals surface area contributed by atoms with E-state index < -0.39 is 30.0 Å². The van der Waals surface area contributed by atoms with E-state index in [1.165, 1.54) is 0 Å². The molecule has 1 aromatic rings. The van der Waals surface area contributed by atoms with Gasteiger partial charge < -0.3 is 10.1 Å². The Labute approximate surface area is 98.5 Å². The van der Waals surface area contributed by atoms with E-state index in [-0.39, 0.29) is 5.69 Å². The zero-order valence-corrected chi connectivity index (χ0v) is 9.02. The van der Waals surface area contributed by atoms with Crippen LogP contribution in [-0.2, 0) is 4.79 Å². The molecule has 0 aliphatic rings. The number of rotatable bonds is 4. The van der Waals surface area contributed by atoms with E-state index in [4.69, 9.17) is 0 Å². The predicted molar refractivity (Wildman–Crippen MR) is 52.3 cm³/mol. The van der Waals surface area contributed by atoms with Crippen molar-refractivity contribution in [2.75, 3.05) is 5.32 Å². The molecule has 0 spiro atoms. The van der Waals surface area contributed by atoms with E-state index in [9.17, 15) is 26.7 Å². The van der Waals surface area contributed by atoms with E-state index in [2.05, 4.69) is 10.1 Å². The number of alkyl halides is 4. The van der Waals surface area contributed by atoms with E-state index in [0.29, 0.717) is 6.07 Å². The van der Waals surface area contributed by atoms with Crippen LogP contribution in [0.2, 0.25) is 0 Å². The highest BCUT2D eigenvalue weighted by molar-refractivity contribution is 5.88. The molecule has 0 fully saturated rings. The van der Waals surface area contributed by atoms with Gasteiger partial charge in [-0.05, 0) is 12.1 Å². The fourth-order valence-electron chi connectivity index (χ4n) is 1.05. The Morgan fingerprint density at radius 3 is 2.44 bits per heavy atom. The Balaban J connectivity index is 2.88. The number of ether oxygens (including phenoxy) is 1. The van der Waals surface area contributed by atoms with Gasteiger partial charge in [-0.1, -0.05) is 0 Å². The molecule has 0 unspecified atom stereocenters. The first-order valence-electron chi connectivity index (χ1n) is 4.64. The number of halogens is 5. The fourth-order valence-corrected chi connectivity index (χ4v) is 1.05. The van der Waals surface area contributed by atoms with Gasteiger partial charge in [-0.2, -0.15) is 17.6 Å². The molecule has 100 valence electrons. The quantitative estimate of drug-likeness (QED) is 0.853. The first-order valence-corrected chi connectivity index (χ1v) is 4.64. The summed E-state index contributed by atoms with van der Waals surface area (Å²) in [6.07, 6.45) is -8.74. The van der Waals surface area contributed by atoms with Gasteiger partial charge in [0, 0.05) is 13.0 Å². The van der Waals surface area contributed by atoms with Gasteiger partial charge in [-0.25, -0.2) is 4.39 Å². The van der Waals surface area contributed by atoms with Gasteiger partial charge in [0.05, 0.1) is 5.69 Å². The SMILES string of the molecule is CC(=O)Nc1ccc(OC(F)(F)C(F)F)cc1F. The summed E-state index contributed by atoms with van der Waals surface area (Å²) >= 11 is 0. The molecule has 1 amide bonds. The van der Waals surface area contributed by atoms with Crippen LogP contribution in [0.25, 0.3) is 0 Å². The number of amides is 1. The summed E-state index contributed by atoms with van der Waals surface area (Å²) in [4.78, 5) is 10.6. The van der Waals surface area contributed by atoms with Crippen molar-refractivity contribution in [3.05, 3.63) is 24.0 Å². The van der Waals surface area contributed by atoms with Gasteiger partial charge in [0.15, 0.2) is 0 Å². The van der Waals surface area contributed by atoms with E-state index in [0.717, 1.165) is 19.1 Å². The Hall–Kier alpha value is -1.86. The second-order valence-corrected chi connectivity index (χ2v) is 3.29. The van der Waals surface area contributed by atoms with Gasteiger partial charge in [-0.3, -0.25) is 4.79 Å².